The van der Waals surface area contributed by atoms with Gasteiger partial charge in [0.1, 0.15) is 12.4 Å². The molecular formula is C30H44N2O5S. The van der Waals surface area contributed by atoms with Gasteiger partial charge in [-0.3, -0.25) is 0 Å². The fourth-order valence-corrected chi connectivity index (χ4v) is 5.20. The lowest BCUT2D eigenvalue weighted by Crippen LogP contribution is -2.39. The molecule has 0 aliphatic rings. The Labute approximate surface area is 232 Å². The number of nitrogens with zero attached hydrogens (tertiary/aromatic N) is 1. The number of carboxylic acid groups (broad SMARTS) is 1. The molecule has 0 aliphatic carbocycles. The molecule has 0 saturated carbocycles. The summed E-state index contributed by atoms with van der Waals surface area (Å²) in [6.45, 7) is 11.9. The SMILES string of the molecule is CCCCCSCCN(CCOc1ccc(CC(OCC)C(=O)O)cc1)C(=O)Nc1c(C)cc(C)cc1C. The predicted molar refractivity (Wildman–Crippen MR) is 157 cm³/mol. The van der Waals surface area contributed by atoms with Gasteiger partial charge in [0.2, 0.25) is 0 Å². The number of carboxylic acids is 1. The Morgan fingerprint density at radius 1 is 1.00 bits per heavy atom. The highest BCUT2D eigenvalue weighted by Gasteiger charge is 2.18. The Morgan fingerprint density at radius 3 is 2.29 bits per heavy atom. The molecule has 2 rings (SSSR count). The molecule has 2 aromatic carbocycles. The maximum Gasteiger partial charge on any atom is 0.333 e. The number of urea groups is 1. The van der Waals surface area contributed by atoms with Crippen molar-refractivity contribution < 1.29 is 24.2 Å². The maximum atomic E-state index is 13.3. The van der Waals surface area contributed by atoms with Gasteiger partial charge in [-0.05, 0) is 68.7 Å². The molecule has 0 aliphatic heterocycles. The molecule has 0 heterocycles. The number of aliphatic carboxylic acids is 1. The first-order valence-electron chi connectivity index (χ1n) is 13.5. The van der Waals surface area contributed by atoms with Crippen LogP contribution in [0.1, 0.15) is 55.4 Å². The average molecular weight is 545 g/mol. The van der Waals surface area contributed by atoms with Gasteiger partial charge in [-0.2, -0.15) is 11.8 Å². The van der Waals surface area contributed by atoms with Gasteiger partial charge in [-0.25, -0.2) is 9.59 Å². The van der Waals surface area contributed by atoms with Crippen LogP contribution in [0.3, 0.4) is 0 Å². The lowest BCUT2D eigenvalue weighted by atomic mass is 10.1. The molecule has 0 radical (unpaired) electrons. The van der Waals surface area contributed by atoms with Crippen molar-refractivity contribution in [1.29, 1.82) is 0 Å². The van der Waals surface area contributed by atoms with E-state index in [0.29, 0.717) is 38.5 Å². The highest BCUT2D eigenvalue weighted by atomic mass is 32.2. The van der Waals surface area contributed by atoms with Crippen LogP contribution in [0.25, 0.3) is 0 Å². The summed E-state index contributed by atoms with van der Waals surface area (Å²) in [6.07, 6.45) is 3.07. The molecule has 8 heteroatoms. The molecule has 7 nitrogen and oxygen atoms in total. The van der Waals surface area contributed by atoms with Crippen LogP contribution in [-0.2, 0) is 16.0 Å². The van der Waals surface area contributed by atoms with Gasteiger partial charge < -0.3 is 24.8 Å². The van der Waals surface area contributed by atoms with Crippen LogP contribution in [0, 0.1) is 20.8 Å². The van der Waals surface area contributed by atoms with E-state index in [1.165, 1.54) is 24.8 Å². The number of benzene rings is 2. The molecule has 2 aromatic rings. The zero-order valence-electron chi connectivity index (χ0n) is 23.5. The van der Waals surface area contributed by atoms with Crippen LogP contribution >= 0.6 is 11.8 Å². The number of carbonyl (C=O) groups is 2. The number of amides is 2. The van der Waals surface area contributed by atoms with Crippen LogP contribution < -0.4 is 10.1 Å². The molecule has 2 amide bonds. The van der Waals surface area contributed by atoms with Crippen molar-refractivity contribution in [1.82, 2.24) is 4.90 Å². The Hall–Kier alpha value is -2.71. The van der Waals surface area contributed by atoms with Crippen LogP contribution in [-0.4, -0.2) is 65.9 Å². The van der Waals surface area contributed by atoms with Crippen molar-refractivity contribution in [2.24, 2.45) is 0 Å². The van der Waals surface area contributed by atoms with Crippen molar-refractivity contribution in [2.45, 2.75) is 66.4 Å². The fraction of sp³-hybridized carbons (Fsp3) is 0.533. The number of ether oxygens (including phenoxy) is 2. The minimum absolute atomic E-state index is 0.121. The van der Waals surface area contributed by atoms with E-state index in [4.69, 9.17) is 9.47 Å². The third kappa shape index (κ3) is 11.0. The minimum atomic E-state index is -0.968. The summed E-state index contributed by atoms with van der Waals surface area (Å²) in [4.78, 5) is 26.4. The lowest BCUT2D eigenvalue weighted by molar-refractivity contribution is -0.149. The average Bonchev–Trinajstić information content (AvgIpc) is 2.87. The third-order valence-electron chi connectivity index (χ3n) is 6.21. The summed E-state index contributed by atoms with van der Waals surface area (Å²) in [7, 11) is 0. The van der Waals surface area contributed by atoms with Crippen LogP contribution in [0.5, 0.6) is 5.75 Å². The van der Waals surface area contributed by atoms with Gasteiger partial charge in [0, 0.05) is 31.0 Å². The normalized spacial score (nSPS) is 11.7. The van der Waals surface area contributed by atoms with Crippen LogP contribution in [0.15, 0.2) is 36.4 Å². The van der Waals surface area contributed by atoms with Gasteiger partial charge in [0.15, 0.2) is 6.10 Å². The van der Waals surface area contributed by atoms with Crippen LogP contribution in [0.2, 0.25) is 0 Å². The highest BCUT2D eigenvalue weighted by molar-refractivity contribution is 7.99. The number of hydrogen-bond acceptors (Lipinski definition) is 5. The van der Waals surface area contributed by atoms with Gasteiger partial charge in [-0.1, -0.05) is 49.6 Å². The quantitative estimate of drug-likeness (QED) is 0.222. The van der Waals surface area contributed by atoms with Crippen molar-refractivity contribution in [2.75, 3.05) is 43.1 Å². The van der Waals surface area contributed by atoms with E-state index in [-0.39, 0.29) is 6.03 Å². The Bertz CT molecular complexity index is 989. The Kier molecular flexibility index (Phi) is 14.1. The van der Waals surface area contributed by atoms with Gasteiger partial charge in [0.05, 0.1) is 6.54 Å². The van der Waals surface area contributed by atoms with Crippen molar-refractivity contribution in [3.8, 4) is 5.75 Å². The molecule has 0 spiro atoms. The second kappa shape index (κ2) is 17.0. The number of thioether (sulfide) groups is 1. The van der Waals surface area contributed by atoms with Crippen molar-refractivity contribution in [3.63, 3.8) is 0 Å². The molecule has 210 valence electrons. The second-order valence-corrected chi connectivity index (χ2v) is 10.7. The first-order valence-corrected chi connectivity index (χ1v) is 14.7. The fourth-order valence-electron chi connectivity index (χ4n) is 4.24. The standard InChI is InChI=1S/C30H44N2O5S/c1-6-8-9-17-38-18-15-32(30(35)31-28-23(4)19-22(3)20-24(28)5)14-16-37-26-12-10-25(11-13-26)21-27(29(33)34)36-7-2/h10-13,19-20,27H,6-9,14-18,21H2,1-5H3,(H,31,35)(H,33,34). The van der Waals surface area contributed by atoms with E-state index in [9.17, 15) is 14.7 Å². The smallest absolute Gasteiger partial charge is 0.333 e. The third-order valence-corrected chi connectivity index (χ3v) is 7.26. The molecule has 0 bridgehead atoms. The van der Waals surface area contributed by atoms with Gasteiger partial charge in [0.25, 0.3) is 0 Å². The zero-order valence-corrected chi connectivity index (χ0v) is 24.4. The number of hydrogen-bond donors (Lipinski definition) is 2. The molecule has 2 N–H and O–H groups in total. The first kappa shape index (κ1) is 31.5. The highest BCUT2D eigenvalue weighted by Crippen LogP contribution is 2.22. The summed E-state index contributed by atoms with van der Waals surface area (Å²) < 4.78 is 11.2. The number of anilines is 1. The Morgan fingerprint density at radius 2 is 1.68 bits per heavy atom. The van der Waals surface area contributed by atoms with E-state index < -0.39 is 12.1 Å². The molecule has 0 saturated heterocycles. The van der Waals surface area contributed by atoms with E-state index in [2.05, 4.69) is 31.3 Å². The number of rotatable bonds is 17. The number of nitrogens with one attached hydrogen (secondary N) is 1. The lowest BCUT2D eigenvalue weighted by Gasteiger charge is -2.24. The minimum Gasteiger partial charge on any atom is -0.492 e. The van der Waals surface area contributed by atoms with Crippen molar-refractivity contribution in [3.05, 3.63) is 58.7 Å². The van der Waals surface area contributed by atoms with Crippen molar-refractivity contribution >= 4 is 29.4 Å². The number of aryl methyl sites for hydroxylation is 3. The predicted octanol–water partition coefficient (Wildman–Crippen LogP) is 6.48. The van der Waals surface area contributed by atoms with E-state index in [1.807, 2.05) is 54.8 Å². The summed E-state index contributed by atoms with van der Waals surface area (Å²) in [6, 6.07) is 11.4. The largest absolute Gasteiger partial charge is 0.492 e. The molecule has 1 unspecified atom stereocenters. The summed E-state index contributed by atoms with van der Waals surface area (Å²) in [5.41, 5.74) is 5.01. The first-order chi connectivity index (χ1) is 18.2. The second-order valence-electron chi connectivity index (χ2n) is 9.49. The summed E-state index contributed by atoms with van der Waals surface area (Å²) in [5.74, 6) is 1.69. The van der Waals surface area contributed by atoms with E-state index >= 15 is 0 Å². The molecule has 0 aromatic heterocycles. The molecule has 38 heavy (non-hydrogen) atoms. The van der Waals surface area contributed by atoms with Crippen LogP contribution in [0.4, 0.5) is 10.5 Å². The van der Waals surface area contributed by atoms with E-state index in [0.717, 1.165) is 33.9 Å². The summed E-state index contributed by atoms with van der Waals surface area (Å²) in [5, 5.41) is 12.4. The van der Waals surface area contributed by atoms with Gasteiger partial charge in [-0.15, -0.1) is 0 Å². The maximum absolute atomic E-state index is 13.3. The molecule has 1 atom stereocenters. The topological polar surface area (TPSA) is 88.1 Å². The Balaban J connectivity index is 1.96. The van der Waals surface area contributed by atoms with E-state index in [1.54, 1.807) is 6.92 Å². The van der Waals surface area contributed by atoms with Gasteiger partial charge >= 0.3 is 12.0 Å². The summed E-state index contributed by atoms with van der Waals surface area (Å²) >= 11 is 1.88. The monoisotopic (exact) mass is 544 g/mol. The molecule has 0 fully saturated rings. The zero-order chi connectivity index (χ0) is 27.9. The number of carbonyl (C=O) groups excluding carboxylic acids is 1. The molecular weight excluding hydrogens is 500 g/mol. The number of unbranched alkanes of at least 4 members (excludes halogenated alkanes) is 2.